The van der Waals surface area contributed by atoms with Crippen LogP contribution < -0.4 is 0 Å². The van der Waals surface area contributed by atoms with Gasteiger partial charge >= 0.3 is 0 Å². The van der Waals surface area contributed by atoms with Gasteiger partial charge in [-0.3, -0.25) is 0 Å². The third-order valence-electron chi connectivity index (χ3n) is 5.11. The van der Waals surface area contributed by atoms with Crippen LogP contribution in [0, 0.1) is 6.92 Å². The first-order valence-electron chi connectivity index (χ1n) is 8.74. The monoisotopic (exact) mass is 389 g/mol. The molecule has 6 heteroatoms. The van der Waals surface area contributed by atoms with Crippen LogP contribution in [-0.2, 0) is 16.4 Å². The van der Waals surface area contributed by atoms with Crippen LogP contribution in [0.1, 0.15) is 42.6 Å². The van der Waals surface area contributed by atoms with Crippen molar-refractivity contribution in [2.45, 2.75) is 43.9 Å². The molecule has 1 atom stereocenters. The van der Waals surface area contributed by atoms with Gasteiger partial charge in [-0.05, 0) is 73.6 Å². The van der Waals surface area contributed by atoms with Gasteiger partial charge in [0.2, 0.25) is 0 Å². The van der Waals surface area contributed by atoms with E-state index in [1.165, 1.54) is 10.0 Å². The van der Waals surface area contributed by atoms with Crippen molar-refractivity contribution in [1.82, 2.24) is 3.97 Å². The number of hydrogen-bond acceptors (Lipinski definition) is 3. The SMILES string of the molecule is CCC1CCc2c1cn(S(=O)(=O)c1cccc(Cl)c1)c2-c1ccc(C)o1. The molecule has 2 aromatic heterocycles. The number of fused-ring (bicyclic) bond motifs is 1. The molecule has 0 fully saturated rings. The van der Waals surface area contributed by atoms with Gasteiger partial charge in [0.1, 0.15) is 11.5 Å². The summed E-state index contributed by atoms with van der Waals surface area (Å²) in [7, 11) is -3.77. The first-order valence-corrected chi connectivity index (χ1v) is 10.6. The molecule has 0 radical (unpaired) electrons. The van der Waals surface area contributed by atoms with Crippen molar-refractivity contribution in [2.24, 2.45) is 0 Å². The van der Waals surface area contributed by atoms with E-state index in [1.807, 2.05) is 19.1 Å². The highest BCUT2D eigenvalue weighted by atomic mass is 35.5. The lowest BCUT2D eigenvalue weighted by Gasteiger charge is -2.12. The molecular formula is C20H20ClNO3S. The molecule has 26 heavy (non-hydrogen) atoms. The van der Waals surface area contributed by atoms with E-state index < -0.39 is 10.0 Å². The van der Waals surface area contributed by atoms with Crippen molar-refractivity contribution in [3.05, 3.63) is 64.5 Å². The minimum absolute atomic E-state index is 0.177. The summed E-state index contributed by atoms with van der Waals surface area (Å²) >= 11 is 6.03. The van der Waals surface area contributed by atoms with Crippen LogP contribution in [-0.4, -0.2) is 12.4 Å². The lowest BCUT2D eigenvalue weighted by atomic mass is 10.0. The molecule has 3 aromatic rings. The molecule has 0 aliphatic heterocycles. The fraction of sp³-hybridized carbons (Fsp3) is 0.300. The number of furan rings is 1. The normalized spacial score (nSPS) is 16.8. The van der Waals surface area contributed by atoms with Gasteiger partial charge in [-0.1, -0.05) is 24.6 Å². The maximum Gasteiger partial charge on any atom is 0.268 e. The summed E-state index contributed by atoms with van der Waals surface area (Å²) in [5.74, 6) is 1.73. The zero-order valence-corrected chi connectivity index (χ0v) is 16.3. The number of hydrogen-bond donors (Lipinski definition) is 0. The molecule has 1 unspecified atom stereocenters. The van der Waals surface area contributed by atoms with E-state index in [-0.39, 0.29) is 4.90 Å². The predicted octanol–water partition coefficient (Wildman–Crippen LogP) is 5.39. The highest BCUT2D eigenvalue weighted by Crippen LogP contribution is 2.43. The Kier molecular flexibility index (Phi) is 4.24. The Morgan fingerprint density at radius 3 is 2.73 bits per heavy atom. The van der Waals surface area contributed by atoms with E-state index >= 15 is 0 Å². The Hall–Kier alpha value is -1.98. The van der Waals surface area contributed by atoms with E-state index in [4.69, 9.17) is 16.0 Å². The van der Waals surface area contributed by atoms with E-state index in [1.54, 1.807) is 24.4 Å². The minimum Gasteiger partial charge on any atom is -0.460 e. The third-order valence-corrected chi connectivity index (χ3v) is 7.00. The highest BCUT2D eigenvalue weighted by molar-refractivity contribution is 7.90. The summed E-state index contributed by atoms with van der Waals surface area (Å²) in [6.45, 7) is 4.00. The number of aryl methyl sites for hydroxylation is 1. The van der Waals surface area contributed by atoms with E-state index in [9.17, 15) is 8.42 Å². The molecule has 1 aliphatic rings. The van der Waals surface area contributed by atoms with E-state index in [2.05, 4.69) is 6.92 Å². The fourth-order valence-corrected chi connectivity index (χ4v) is 5.50. The second-order valence-corrected chi connectivity index (χ2v) is 8.98. The highest BCUT2D eigenvalue weighted by Gasteiger charge is 2.33. The van der Waals surface area contributed by atoms with Crippen LogP contribution in [0.3, 0.4) is 0 Å². The molecule has 4 nitrogen and oxygen atoms in total. The average Bonchev–Trinajstić information content (AvgIpc) is 3.29. The zero-order valence-electron chi connectivity index (χ0n) is 14.7. The molecule has 0 amide bonds. The number of halogens is 1. The van der Waals surface area contributed by atoms with Crippen LogP contribution >= 0.6 is 11.6 Å². The lowest BCUT2D eigenvalue weighted by molar-refractivity contribution is 0.542. The first-order chi connectivity index (χ1) is 12.4. The van der Waals surface area contributed by atoms with Crippen molar-refractivity contribution >= 4 is 21.6 Å². The van der Waals surface area contributed by atoms with Crippen LogP contribution in [0.15, 0.2) is 51.9 Å². The predicted molar refractivity (Wildman–Crippen MR) is 102 cm³/mol. The van der Waals surface area contributed by atoms with Gasteiger partial charge < -0.3 is 4.42 Å². The Balaban J connectivity index is 1.97. The van der Waals surface area contributed by atoms with Crippen LogP contribution in [0.2, 0.25) is 5.02 Å². The summed E-state index contributed by atoms with van der Waals surface area (Å²) in [5.41, 5.74) is 2.84. The van der Waals surface area contributed by atoms with Crippen molar-refractivity contribution in [1.29, 1.82) is 0 Å². The van der Waals surface area contributed by atoms with Crippen LogP contribution in [0.25, 0.3) is 11.5 Å². The summed E-state index contributed by atoms with van der Waals surface area (Å²) in [5, 5.41) is 0.396. The fourth-order valence-electron chi connectivity index (χ4n) is 3.80. The van der Waals surface area contributed by atoms with Gasteiger partial charge in [-0.15, -0.1) is 0 Å². The Morgan fingerprint density at radius 2 is 2.08 bits per heavy atom. The Morgan fingerprint density at radius 1 is 1.27 bits per heavy atom. The molecule has 136 valence electrons. The van der Waals surface area contributed by atoms with Gasteiger partial charge in [-0.25, -0.2) is 12.4 Å². The molecule has 1 aliphatic carbocycles. The number of nitrogens with zero attached hydrogens (tertiary/aromatic N) is 1. The van der Waals surface area contributed by atoms with Crippen LogP contribution in [0.5, 0.6) is 0 Å². The minimum atomic E-state index is -3.77. The Bertz CT molecular complexity index is 1080. The standard InChI is InChI=1S/C20H20ClNO3S/c1-3-14-8-9-17-18(14)12-22(20(17)19-10-7-13(2)25-19)26(23,24)16-6-4-5-15(21)11-16/h4-7,10-12,14H,3,8-9H2,1-2H3. The van der Waals surface area contributed by atoms with Gasteiger partial charge in [0.15, 0.2) is 5.76 Å². The van der Waals surface area contributed by atoms with Gasteiger partial charge in [-0.2, -0.15) is 0 Å². The second kappa shape index (κ2) is 6.32. The maximum absolute atomic E-state index is 13.4. The molecule has 0 spiro atoms. The third kappa shape index (κ3) is 2.70. The Labute approximate surface area is 158 Å². The molecule has 1 aromatic carbocycles. The number of aromatic nitrogens is 1. The van der Waals surface area contributed by atoms with Gasteiger partial charge in [0, 0.05) is 11.2 Å². The summed E-state index contributed by atoms with van der Waals surface area (Å²) in [6.07, 6.45) is 4.68. The maximum atomic E-state index is 13.4. The smallest absolute Gasteiger partial charge is 0.268 e. The molecule has 0 saturated heterocycles. The van der Waals surface area contributed by atoms with E-state index in [0.29, 0.717) is 22.4 Å². The lowest BCUT2D eigenvalue weighted by Crippen LogP contribution is -2.14. The first kappa shape index (κ1) is 17.4. The van der Waals surface area contributed by atoms with Crippen molar-refractivity contribution < 1.29 is 12.8 Å². The quantitative estimate of drug-likeness (QED) is 0.601. The van der Waals surface area contributed by atoms with Crippen LogP contribution in [0.4, 0.5) is 0 Å². The summed E-state index contributed by atoms with van der Waals surface area (Å²) < 4.78 is 33.9. The van der Waals surface area contributed by atoms with E-state index in [0.717, 1.165) is 36.1 Å². The summed E-state index contributed by atoms with van der Waals surface area (Å²) in [4.78, 5) is 0.177. The molecule has 4 rings (SSSR count). The van der Waals surface area contributed by atoms with Gasteiger partial charge in [0.05, 0.1) is 4.90 Å². The average molecular weight is 390 g/mol. The molecule has 0 N–H and O–H groups in total. The largest absolute Gasteiger partial charge is 0.460 e. The molecule has 0 saturated carbocycles. The molecule has 0 bridgehead atoms. The van der Waals surface area contributed by atoms with Crippen molar-refractivity contribution in [2.75, 3.05) is 0 Å². The number of rotatable bonds is 4. The number of benzene rings is 1. The van der Waals surface area contributed by atoms with Crippen molar-refractivity contribution in [3.63, 3.8) is 0 Å². The summed E-state index contributed by atoms with van der Waals surface area (Å²) in [6, 6.07) is 10.1. The molecular weight excluding hydrogens is 370 g/mol. The van der Waals surface area contributed by atoms with Gasteiger partial charge in [0.25, 0.3) is 10.0 Å². The zero-order chi connectivity index (χ0) is 18.5. The molecule has 2 heterocycles. The second-order valence-electron chi connectivity index (χ2n) is 6.72. The van der Waals surface area contributed by atoms with Crippen molar-refractivity contribution in [3.8, 4) is 11.5 Å². The topological polar surface area (TPSA) is 52.2 Å².